The minimum atomic E-state index is 0.331. The van der Waals surface area contributed by atoms with Crippen molar-refractivity contribution >= 4 is 5.82 Å². The van der Waals surface area contributed by atoms with E-state index in [9.17, 15) is 0 Å². The van der Waals surface area contributed by atoms with Crippen LogP contribution in [0.3, 0.4) is 0 Å². The van der Waals surface area contributed by atoms with Crippen LogP contribution < -0.4 is 16.0 Å². The molecule has 3 N–H and O–H groups in total. The largest absolute Gasteiger partial charge is 0.477 e. The molecule has 1 aromatic rings. The van der Waals surface area contributed by atoms with Crippen molar-refractivity contribution in [2.24, 2.45) is 5.84 Å². The van der Waals surface area contributed by atoms with E-state index in [1.807, 2.05) is 0 Å². The van der Waals surface area contributed by atoms with E-state index in [1.54, 1.807) is 13.2 Å². The molecule has 112 valence electrons. The smallest absolute Gasteiger partial charge is 0.218 e. The van der Waals surface area contributed by atoms with Crippen LogP contribution in [0.5, 0.6) is 5.88 Å². The molecule has 7 heteroatoms. The van der Waals surface area contributed by atoms with Gasteiger partial charge in [0.15, 0.2) is 5.82 Å². The van der Waals surface area contributed by atoms with Crippen LogP contribution in [-0.2, 0) is 11.3 Å². The van der Waals surface area contributed by atoms with E-state index >= 15 is 0 Å². The average molecular weight is 281 g/mol. The normalized spacial score (nSPS) is 19.2. The molecule has 0 spiro atoms. The fourth-order valence-electron chi connectivity index (χ4n) is 2.46. The molecular formula is C13H23N5O2. The maximum absolute atomic E-state index is 5.72. The highest BCUT2D eigenvalue weighted by atomic mass is 16.5. The Kier molecular flexibility index (Phi) is 5.51. The van der Waals surface area contributed by atoms with Crippen molar-refractivity contribution in [3.63, 3.8) is 0 Å². The number of nitrogen functional groups attached to an aromatic ring is 1. The van der Waals surface area contributed by atoms with Gasteiger partial charge in [-0.2, -0.15) is 4.98 Å². The van der Waals surface area contributed by atoms with Crippen molar-refractivity contribution in [3.05, 3.63) is 11.9 Å². The lowest BCUT2D eigenvalue weighted by atomic mass is 10.1. The summed E-state index contributed by atoms with van der Waals surface area (Å²) in [5.41, 5.74) is 2.51. The second-order valence-electron chi connectivity index (χ2n) is 5.00. The zero-order valence-corrected chi connectivity index (χ0v) is 12.1. The van der Waals surface area contributed by atoms with Gasteiger partial charge in [-0.05, 0) is 32.9 Å². The van der Waals surface area contributed by atoms with E-state index in [0.717, 1.165) is 6.42 Å². The van der Waals surface area contributed by atoms with Crippen molar-refractivity contribution in [2.75, 3.05) is 32.7 Å². The van der Waals surface area contributed by atoms with Crippen LogP contribution in [0.1, 0.15) is 25.1 Å². The quantitative estimate of drug-likeness (QED) is 0.564. The minimum Gasteiger partial charge on any atom is -0.477 e. The molecule has 2 rings (SSSR count). The molecular weight excluding hydrogens is 258 g/mol. The number of ether oxygens (including phenoxy) is 2. The highest BCUT2D eigenvalue weighted by molar-refractivity contribution is 5.36. The molecule has 0 aliphatic carbocycles. The van der Waals surface area contributed by atoms with Gasteiger partial charge in [0.05, 0.1) is 6.61 Å². The van der Waals surface area contributed by atoms with E-state index in [2.05, 4.69) is 27.3 Å². The molecule has 20 heavy (non-hydrogen) atoms. The van der Waals surface area contributed by atoms with Gasteiger partial charge in [0, 0.05) is 19.2 Å². The molecule has 1 fully saturated rings. The number of nitrogens with zero attached hydrogens (tertiary/aromatic N) is 3. The summed E-state index contributed by atoms with van der Waals surface area (Å²) >= 11 is 0. The molecule has 1 aliphatic heterocycles. The van der Waals surface area contributed by atoms with Crippen molar-refractivity contribution < 1.29 is 9.47 Å². The zero-order valence-electron chi connectivity index (χ0n) is 12.1. The summed E-state index contributed by atoms with van der Waals surface area (Å²) in [7, 11) is 3.76. The molecule has 2 heterocycles. The van der Waals surface area contributed by atoms with Gasteiger partial charge < -0.3 is 19.8 Å². The SMILES string of the molecule is COCc1nc(NN)cc(OCCC2CCCN2C)n1. The Morgan fingerprint density at radius 3 is 3.00 bits per heavy atom. The third kappa shape index (κ3) is 4.03. The van der Waals surface area contributed by atoms with Crippen molar-refractivity contribution in [1.82, 2.24) is 14.9 Å². The first-order chi connectivity index (χ1) is 9.72. The highest BCUT2D eigenvalue weighted by Gasteiger charge is 2.20. The first kappa shape index (κ1) is 15.0. The second-order valence-corrected chi connectivity index (χ2v) is 5.00. The van der Waals surface area contributed by atoms with Crippen LogP contribution in [0.25, 0.3) is 0 Å². The molecule has 0 amide bonds. The summed E-state index contributed by atoms with van der Waals surface area (Å²) < 4.78 is 10.7. The molecule has 0 radical (unpaired) electrons. The van der Waals surface area contributed by atoms with Crippen molar-refractivity contribution in [3.8, 4) is 5.88 Å². The van der Waals surface area contributed by atoms with Crippen LogP contribution in [0, 0.1) is 0 Å². The van der Waals surface area contributed by atoms with E-state index in [4.69, 9.17) is 15.3 Å². The van der Waals surface area contributed by atoms with Gasteiger partial charge >= 0.3 is 0 Å². The summed E-state index contributed by atoms with van der Waals surface area (Å²) in [4.78, 5) is 10.8. The lowest BCUT2D eigenvalue weighted by molar-refractivity contribution is 0.175. The van der Waals surface area contributed by atoms with Crippen LogP contribution in [0.15, 0.2) is 6.07 Å². The molecule has 0 bridgehead atoms. The maximum Gasteiger partial charge on any atom is 0.218 e. The average Bonchev–Trinajstić information content (AvgIpc) is 2.84. The summed E-state index contributed by atoms with van der Waals surface area (Å²) in [6.45, 7) is 2.15. The van der Waals surface area contributed by atoms with Gasteiger partial charge in [0.1, 0.15) is 12.4 Å². The van der Waals surface area contributed by atoms with Gasteiger partial charge in [-0.1, -0.05) is 0 Å². The molecule has 1 saturated heterocycles. The fraction of sp³-hybridized carbons (Fsp3) is 0.692. The monoisotopic (exact) mass is 281 g/mol. The molecule has 1 unspecified atom stereocenters. The Morgan fingerprint density at radius 1 is 1.50 bits per heavy atom. The first-order valence-electron chi connectivity index (χ1n) is 6.89. The van der Waals surface area contributed by atoms with Gasteiger partial charge in [-0.25, -0.2) is 10.8 Å². The Morgan fingerprint density at radius 2 is 2.35 bits per heavy atom. The number of likely N-dealkylation sites (tertiary alicyclic amines) is 1. The minimum absolute atomic E-state index is 0.331. The Bertz CT molecular complexity index is 429. The lowest BCUT2D eigenvalue weighted by Gasteiger charge is -2.19. The number of hydrogen-bond acceptors (Lipinski definition) is 7. The van der Waals surface area contributed by atoms with Crippen LogP contribution in [0.4, 0.5) is 5.82 Å². The van der Waals surface area contributed by atoms with Gasteiger partial charge in [0.25, 0.3) is 0 Å². The molecule has 0 aromatic carbocycles. The number of aromatic nitrogens is 2. The summed E-state index contributed by atoms with van der Waals surface area (Å²) in [5.74, 6) is 6.99. The van der Waals surface area contributed by atoms with Gasteiger partial charge in [0.2, 0.25) is 5.88 Å². The second kappa shape index (κ2) is 7.37. The predicted octanol–water partition coefficient (Wildman–Crippen LogP) is 0.772. The molecule has 1 atom stereocenters. The van der Waals surface area contributed by atoms with Crippen LogP contribution in [0.2, 0.25) is 0 Å². The topological polar surface area (TPSA) is 85.5 Å². The van der Waals surface area contributed by atoms with E-state index in [0.29, 0.717) is 36.8 Å². The summed E-state index contributed by atoms with van der Waals surface area (Å²) in [6.07, 6.45) is 3.52. The van der Waals surface area contributed by atoms with Crippen molar-refractivity contribution in [2.45, 2.75) is 31.9 Å². The molecule has 1 aromatic heterocycles. The Hall–Kier alpha value is -1.44. The molecule has 0 saturated carbocycles. The zero-order chi connectivity index (χ0) is 14.4. The Balaban J connectivity index is 1.89. The van der Waals surface area contributed by atoms with Crippen LogP contribution >= 0.6 is 0 Å². The number of anilines is 1. The van der Waals surface area contributed by atoms with Gasteiger partial charge in [-0.3, -0.25) is 0 Å². The highest BCUT2D eigenvalue weighted by Crippen LogP contribution is 2.19. The van der Waals surface area contributed by atoms with E-state index in [-0.39, 0.29) is 0 Å². The third-order valence-corrected chi connectivity index (χ3v) is 3.54. The summed E-state index contributed by atoms with van der Waals surface area (Å²) in [5, 5.41) is 0. The number of nitrogens with two attached hydrogens (primary N) is 1. The standard InChI is InChI=1S/C13H23N5O2/c1-18-6-3-4-10(18)5-7-20-13-8-11(17-14)15-12(16-13)9-19-2/h8,10H,3-7,9,14H2,1-2H3,(H,15,16,17). The van der Waals surface area contributed by atoms with Crippen molar-refractivity contribution in [1.29, 1.82) is 0 Å². The Labute approximate surface area is 119 Å². The first-order valence-corrected chi connectivity index (χ1v) is 6.89. The predicted molar refractivity (Wildman–Crippen MR) is 76.3 cm³/mol. The maximum atomic E-state index is 5.72. The van der Waals surface area contributed by atoms with E-state index < -0.39 is 0 Å². The van der Waals surface area contributed by atoms with E-state index in [1.165, 1.54) is 19.4 Å². The number of hydrazine groups is 1. The fourth-order valence-corrected chi connectivity index (χ4v) is 2.46. The number of nitrogens with one attached hydrogen (secondary N) is 1. The lowest BCUT2D eigenvalue weighted by Crippen LogP contribution is -2.26. The number of methoxy groups -OCH3 is 1. The van der Waals surface area contributed by atoms with Gasteiger partial charge in [-0.15, -0.1) is 0 Å². The molecule has 7 nitrogen and oxygen atoms in total. The molecule has 1 aliphatic rings. The number of rotatable bonds is 7. The number of hydrogen-bond donors (Lipinski definition) is 2. The summed E-state index contributed by atoms with van der Waals surface area (Å²) in [6, 6.07) is 2.31. The van der Waals surface area contributed by atoms with Crippen LogP contribution in [-0.4, -0.2) is 48.2 Å². The third-order valence-electron chi connectivity index (χ3n) is 3.54.